The lowest BCUT2D eigenvalue weighted by molar-refractivity contribution is -0.140. The molecule has 8 heteroatoms. The predicted octanol–water partition coefficient (Wildman–Crippen LogP) is 4.77. The summed E-state index contributed by atoms with van der Waals surface area (Å²) >= 11 is 3.45. The van der Waals surface area contributed by atoms with E-state index in [-0.39, 0.29) is 23.8 Å². The fourth-order valence-electron chi connectivity index (χ4n) is 4.37. The van der Waals surface area contributed by atoms with Crippen LogP contribution in [0.1, 0.15) is 62.7 Å². The maximum Gasteiger partial charge on any atom is 0.305 e. The maximum atomic E-state index is 11.3. The van der Waals surface area contributed by atoms with Crippen molar-refractivity contribution in [2.24, 2.45) is 17.0 Å². The molecule has 1 heterocycles. The number of esters is 1. The van der Waals surface area contributed by atoms with Crippen molar-refractivity contribution in [2.45, 2.75) is 81.8 Å². The van der Waals surface area contributed by atoms with Gasteiger partial charge in [0.1, 0.15) is 0 Å². The van der Waals surface area contributed by atoms with Crippen LogP contribution in [0.25, 0.3) is 0 Å². The van der Waals surface area contributed by atoms with E-state index in [1.807, 2.05) is 6.07 Å². The van der Waals surface area contributed by atoms with Gasteiger partial charge in [-0.15, -0.1) is 11.3 Å². The molecule has 0 saturated heterocycles. The molecule has 5 atom stereocenters. The topological polar surface area (TPSA) is 96.2 Å². The summed E-state index contributed by atoms with van der Waals surface area (Å²) in [6, 6.07) is 3.79. The lowest BCUT2D eigenvalue weighted by Gasteiger charge is -2.24. The molecule has 1 aliphatic rings. The van der Waals surface area contributed by atoms with Crippen LogP contribution in [0, 0.1) is 16.7 Å². The van der Waals surface area contributed by atoms with Gasteiger partial charge in [-0.2, -0.15) is 16.7 Å². The van der Waals surface area contributed by atoms with Crippen molar-refractivity contribution in [3.05, 3.63) is 27.3 Å². The average Bonchev–Trinajstić information content (AvgIpc) is 3.36. The van der Waals surface area contributed by atoms with E-state index in [2.05, 4.69) is 21.4 Å². The Morgan fingerprint density at radius 2 is 2.10 bits per heavy atom. The Hall–Kier alpha value is -0.960. The molecule has 2 rings (SSSR count). The van der Waals surface area contributed by atoms with Crippen molar-refractivity contribution < 1.29 is 19.7 Å². The number of hydrogen-bond donors (Lipinski definition) is 2. The van der Waals surface area contributed by atoms with E-state index in [1.54, 1.807) is 23.1 Å². The zero-order chi connectivity index (χ0) is 21.8. The number of thiophene rings is 1. The first-order chi connectivity index (χ1) is 14.5. The number of hydrogen-bond acceptors (Lipinski definition) is 8. The van der Waals surface area contributed by atoms with Crippen molar-refractivity contribution in [3.8, 4) is 0 Å². The summed E-state index contributed by atoms with van der Waals surface area (Å²) in [6.07, 6.45) is 5.94. The summed E-state index contributed by atoms with van der Waals surface area (Å²) < 4.78 is 4.65. The number of thioether (sulfide) groups is 1. The van der Waals surface area contributed by atoms with E-state index in [9.17, 15) is 19.9 Å². The van der Waals surface area contributed by atoms with Gasteiger partial charge in [-0.1, -0.05) is 30.5 Å². The van der Waals surface area contributed by atoms with Gasteiger partial charge in [-0.25, -0.2) is 0 Å². The standard InChI is InChI=1S/C22H35NO5S2/c1-28-22(26)9-5-3-2-4-8-19-18(20(23-27)13-21(19)25)11-10-16(24)14-29-15-17-7-6-12-30-17/h6-7,12,16,18-21,24-25H,2-5,8-11,13-15H2,1H3/t16-,18-,19-,20?,21+/m1/s1. The third kappa shape index (κ3) is 8.65. The summed E-state index contributed by atoms with van der Waals surface area (Å²) in [5.41, 5.74) is 0. The molecule has 1 aromatic heterocycles. The van der Waals surface area contributed by atoms with Crippen molar-refractivity contribution in [1.82, 2.24) is 0 Å². The van der Waals surface area contributed by atoms with Gasteiger partial charge >= 0.3 is 5.97 Å². The fraction of sp³-hybridized carbons (Fsp3) is 0.773. The molecule has 1 fully saturated rings. The largest absolute Gasteiger partial charge is 0.469 e. The Morgan fingerprint density at radius 3 is 2.80 bits per heavy atom. The highest BCUT2D eigenvalue weighted by Gasteiger charge is 2.42. The molecular weight excluding hydrogens is 422 g/mol. The maximum absolute atomic E-state index is 11.3. The molecule has 0 bridgehead atoms. The number of unbranched alkanes of at least 4 members (excludes halogenated alkanes) is 3. The van der Waals surface area contributed by atoms with Gasteiger partial charge in [0, 0.05) is 22.8 Å². The molecule has 0 radical (unpaired) electrons. The van der Waals surface area contributed by atoms with Gasteiger partial charge < -0.3 is 14.9 Å². The number of nitrogens with zero attached hydrogens (tertiary/aromatic N) is 1. The molecule has 1 aromatic rings. The van der Waals surface area contributed by atoms with E-state index >= 15 is 0 Å². The van der Waals surface area contributed by atoms with Crippen molar-refractivity contribution in [1.29, 1.82) is 0 Å². The smallest absolute Gasteiger partial charge is 0.305 e. The van der Waals surface area contributed by atoms with Gasteiger partial charge in [-0.05, 0) is 55.4 Å². The van der Waals surface area contributed by atoms with E-state index in [1.165, 1.54) is 12.0 Å². The molecule has 1 aliphatic carbocycles. The molecule has 6 nitrogen and oxygen atoms in total. The van der Waals surface area contributed by atoms with Crippen LogP contribution in [0.4, 0.5) is 0 Å². The minimum atomic E-state index is -0.488. The number of aliphatic hydroxyl groups is 2. The highest BCUT2D eigenvalue weighted by Crippen LogP contribution is 2.41. The van der Waals surface area contributed by atoms with Gasteiger partial charge in [-0.3, -0.25) is 4.79 Å². The Balaban J connectivity index is 1.69. The molecule has 2 N–H and O–H groups in total. The van der Waals surface area contributed by atoms with Crippen LogP contribution < -0.4 is 0 Å². The minimum Gasteiger partial charge on any atom is -0.469 e. The third-order valence-electron chi connectivity index (χ3n) is 6.02. The van der Waals surface area contributed by atoms with Crippen LogP contribution >= 0.6 is 23.1 Å². The van der Waals surface area contributed by atoms with Crippen LogP contribution in [0.15, 0.2) is 22.7 Å². The quantitative estimate of drug-likeness (QED) is 0.224. The second kappa shape index (κ2) is 14.2. The summed E-state index contributed by atoms with van der Waals surface area (Å²) in [7, 11) is 1.40. The Bertz CT molecular complexity index is 613. The van der Waals surface area contributed by atoms with Crippen molar-refractivity contribution in [3.63, 3.8) is 0 Å². The molecule has 30 heavy (non-hydrogen) atoms. The summed E-state index contributed by atoms with van der Waals surface area (Å²) in [6.45, 7) is 0. The number of rotatable bonds is 15. The van der Waals surface area contributed by atoms with Crippen LogP contribution in [0.5, 0.6) is 0 Å². The first-order valence-corrected chi connectivity index (χ1v) is 12.9. The lowest BCUT2D eigenvalue weighted by atomic mass is 9.84. The second-order valence-corrected chi connectivity index (χ2v) is 10.2. The predicted molar refractivity (Wildman–Crippen MR) is 123 cm³/mol. The van der Waals surface area contributed by atoms with Crippen LogP contribution in [0.2, 0.25) is 0 Å². The van der Waals surface area contributed by atoms with E-state index in [4.69, 9.17) is 0 Å². The van der Waals surface area contributed by atoms with E-state index < -0.39 is 12.2 Å². The van der Waals surface area contributed by atoms with Gasteiger partial charge in [0.05, 0.1) is 25.4 Å². The zero-order valence-electron chi connectivity index (χ0n) is 17.8. The first kappa shape index (κ1) is 25.3. The van der Waals surface area contributed by atoms with E-state index in [0.717, 1.165) is 44.3 Å². The third-order valence-corrected chi connectivity index (χ3v) is 8.22. The number of carbonyl (C=O) groups is 1. The highest BCUT2D eigenvalue weighted by molar-refractivity contribution is 7.98. The monoisotopic (exact) mass is 457 g/mol. The average molecular weight is 458 g/mol. The molecule has 0 spiro atoms. The van der Waals surface area contributed by atoms with Gasteiger partial charge in [0.15, 0.2) is 0 Å². The van der Waals surface area contributed by atoms with E-state index in [0.29, 0.717) is 25.0 Å². The number of methoxy groups -OCH3 is 1. The normalized spacial score (nSPS) is 24.6. The van der Waals surface area contributed by atoms with Crippen LogP contribution in [-0.4, -0.2) is 47.3 Å². The zero-order valence-corrected chi connectivity index (χ0v) is 19.4. The summed E-state index contributed by atoms with van der Waals surface area (Å²) in [5, 5.41) is 26.2. The molecule has 0 amide bonds. The van der Waals surface area contributed by atoms with Crippen molar-refractivity contribution in [2.75, 3.05) is 12.9 Å². The number of ether oxygens (including phenoxy) is 1. The Morgan fingerprint density at radius 1 is 1.30 bits per heavy atom. The molecular formula is C22H35NO5S2. The Labute approximate surface area is 187 Å². The molecule has 1 unspecified atom stereocenters. The Kier molecular flexibility index (Phi) is 11.9. The molecule has 0 aromatic carbocycles. The van der Waals surface area contributed by atoms with Gasteiger partial charge in [0.2, 0.25) is 0 Å². The number of aliphatic hydroxyl groups excluding tert-OH is 2. The molecule has 0 aliphatic heterocycles. The minimum absolute atomic E-state index is 0.0458. The molecule has 170 valence electrons. The van der Waals surface area contributed by atoms with Gasteiger partial charge in [0.25, 0.3) is 0 Å². The van der Waals surface area contributed by atoms with Crippen LogP contribution in [0.3, 0.4) is 0 Å². The number of carbonyl (C=O) groups excluding carboxylic acids is 1. The molecule has 1 saturated carbocycles. The SMILES string of the molecule is COC(=O)CCCCCC[C@H]1[C@@H](O)CC(N=O)[C@@H]1CC[C@@H](O)CSCc1cccs1. The highest BCUT2D eigenvalue weighted by atomic mass is 32.2. The number of nitroso groups, excluding NO2 is 1. The second-order valence-electron chi connectivity index (χ2n) is 8.16. The summed E-state index contributed by atoms with van der Waals surface area (Å²) in [4.78, 5) is 23.7. The fourth-order valence-corrected chi connectivity index (χ4v) is 6.23. The van der Waals surface area contributed by atoms with Crippen LogP contribution in [-0.2, 0) is 15.3 Å². The summed E-state index contributed by atoms with van der Waals surface area (Å²) in [5.74, 6) is 1.53. The lowest BCUT2D eigenvalue weighted by Crippen LogP contribution is -2.23. The van der Waals surface area contributed by atoms with Crippen molar-refractivity contribution >= 4 is 29.1 Å². The first-order valence-electron chi connectivity index (χ1n) is 10.9.